The number of nitrogens with zero attached hydrogens (tertiary/aromatic N) is 1. The van der Waals surface area contributed by atoms with E-state index < -0.39 is 14.6 Å². The number of nitrogens with one attached hydrogen (secondary N) is 1. The van der Waals surface area contributed by atoms with Gasteiger partial charge in [-0.05, 0) is 32.9 Å². The summed E-state index contributed by atoms with van der Waals surface area (Å²) >= 11 is 0. The maximum atomic E-state index is 11.6. The molecule has 18 heavy (non-hydrogen) atoms. The summed E-state index contributed by atoms with van der Waals surface area (Å²) in [5.74, 6) is 1.19. The molecule has 0 radical (unpaired) electrons. The van der Waals surface area contributed by atoms with Gasteiger partial charge in [-0.15, -0.1) is 0 Å². The van der Waals surface area contributed by atoms with E-state index in [1.165, 1.54) is 6.26 Å². The highest BCUT2D eigenvalue weighted by atomic mass is 32.2. The minimum absolute atomic E-state index is 0.281. The molecule has 0 saturated heterocycles. The third-order valence-electron chi connectivity index (χ3n) is 2.76. The van der Waals surface area contributed by atoms with Gasteiger partial charge in [-0.25, -0.2) is 13.4 Å². The van der Waals surface area contributed by atoms with Crippen LogP contribution in [0.3, 0.4) is 0 Å². The van der Waals surface area contributed by atoms with Gasteiger partial charge in [0, 0.05) is 19.0 Å². The minimum atomic E-state index is -3.13. The Morgan fingerprint density at radius 2 is 2.11 bits per heavy atom. The van der Waals surface area contributed by atoms with E-state index in [4.69, 9.17) is 4.74 Å². The number of ether oxygens (including phenoxy) is 1. The number of anilines is 1. The number of hydrogen-bond acceptors (Lipinski definition) is 5. The Hall–Kier alpha value is -1.30. The van der Waals surface area contributed by atoms with Gasteiger partial charge < -0.3 is 10.1 Å². The molecule has 0 aliphatic heterocycles. The first kappa shape index (κ1) is 14.8. The summed E-state index contributed by atoms with van der Waals surface area (Å²) < 4.78 is 27.7. The Morgan fingerprint density at radius 1 is 1.44 bits per heavy atom. The van der Waals surface area contributed by atoms with Crippen LogP contribution in [0.2, 0.25) is 0 Å². The summed E-state index contributed by atoms with van der Waals surface area (Å²) in [5.41, 5.74) is 0. The predicted octanol–water partition coefficient (Wildman–Crippen LogP) is 1.72. The molecule has 5 nitrogen and oxygen atoms in total. The predicted molar refractivity (Wildman–Crippen MR) is 72.8 cm³/mol. The average Bonchev–Trinajstić information content (AvgIpc) is 2.27. The molecular formula is C12H20N2O3S. The number of rotatable bonds is 6. The summed E-state index contributed by atoms with van der Waals surface area (Å²) in [7, 11) is -3.13. The topological polar surface area (TPSA) is 68.3 Å². The van der Waals surface area contributed by atoms with Gasteiger partial charge in [-0.1, -0.05) is 0 Å². The van der Waals surface area contributed by atoms with Crippen molar-refractivity contribution in [1.82, 2.24) is 4.98 Å². The first-order valence-electron chi connectivity index (χ1n) is 5.79. The van der Waals surface area contributed by atoms with Crippen LogP contribution in [0.5, 0.6) is 5.75 Å². The molecule has 0 spiro atoms. The van der Waals surface area contributed by atoms with E-state index in [0.29, 0.717) is 18.2 Å². The maximum absolute atomic E-state index is 11.6. The zero-order valence-electron chi connectivity index (χ0n) is 11.2. The fraction of sp³-hybridized carbons (Fsp3) is 0.583. The first-order chi connectivity index (χ1) is 8.28. The van der Waals surface area contributed by atoms with Crippen LogP contribution in [0, 0.1) is 0 Å². The van der Waals surface area contributed by atoms with Crippen LogP contribution in [0.1, 0.15) is 20.8 Å². The van der Waals surface area contributed by atoms with Gasteiger partial charge >= 0.3 is 0 Å². The molecule has 1 rings (SSSR count). The molecule has 0 aromatic carbocycles. The van der Waals surface area contributed by atoms with Gasteiger partial charge in [0.15, 0.2) is 21.4 Å². The third-order valence-corrected chi connectivity index (χ3v) is 4.91. The van der Waals surface area contributed by atoms with Crippen LogP contribution in [0.15, 0.2) is 18.3 Å². The summed E-state index contributed by atoms with van der Waals surface area (Å²) in [5, 5.41) is 3.03. The number of hydrogen-bond donors (Lipinski definition) is 1. The molecule has 6 heteroatoms. The first-order valence-corrected chi connectivity index (χ1v) is 7.68. The molecule has 0 amide bonds. The van der Waals surface area contributed by atoms with E-state index in [0.717, 1.165) is 0 Å². The number of sulfone groups is 1. The lowest BCUT2D eigenvalue weighted by atomic mass is 10.2. The van der Waals surface area contributed by atoms with Crippen molar-refractivity contribution < 1.29 is 13.2 Å². The van der Waals surface area contributed by atoms with Crippen molar-refractivity contribution >= 4 is 15.7 Å². The van der Waals surface area contributed by atoms with Crippen LogP contribution in [0.4, 0.5) is 5.82 Å². The Bertz CT molecular complexity index is 498. The van der Waals surface area contributed by atoms with E-state index in [-0.39, 0.29) is 6.54 Å². The molecule has 0 aliphatic carbocycles. The Kier molecular flexibility index (Phi) is 4.56. The van der Waals surface area contributed by atoms with Crippen molar-refractivity contribution in [1.29, 1.82) is 0 Å². The van der Waals surface area contributed by atoms with Crippen molar-refractivity contribution in [3.05, 3.63) is 18.3 Å². The minimum Gasteiger partial charge on any atom is -0.490 e. The lowest BCUT2D eigenvalue weighted by Crippen LogP contribution is -2.38. The SMILES string of the molecule is CCOc1cccnc1NCC(C)(C)S(C)(=O)=O. The molecule has 0 saturated carbocycles. The monoisotopic (exact) mass is 272 g/mol. The second-order valence-electron chi connectivity index (χ2n) is 4.67. The average molecular weight is 272 g/mol. The molecule has 0 aliphatic rings. The Balaban J connectivity index is 2.81. The van der Waals surface area contributed by atoms with Gasteiger partial charge in [0.05, 0.1) is 11.4 Å². The van der Waals surface area contributed by atoms with Crippen molar-refractivity contribution in [3.8, 4) is 5.75 Å². The molecule has 0 fully saturated rings. The smallest absolute Gasteiger partial charge is 0.168 e. The molecule has 1 aromatic rings. The largest absolute Gasteiger partial charge is 0.490 e. The second-order valence-corrected chi connectivity index (χ2v) is 7.32. The number of pyridine rings is 1. The molecule has 1 heterocycles. The zero-order valence-corrected chi connectivity index (χ0v) is 12.0. The van der Waals surface area contributed by atoms with E-state index >= 15 is 0 Å². The molecule has 1 N–H and O–H groups in total. The van der Waals surface area contributed by atoms with E-state index in [1.54, 1.807) is 32.2 Å². The van der Waals surface area contributed by atoms with Gasteiger partial charge in [-0.2, -0.15) is 0 Å². The second kappa shape index (κ2) is 5.56. The van der Waals surface area contributed by atoms with E-state index in [1.807, 2.05) is 6.92 Å². The van der Waals surface area contributed by atoms with Gasteiger partial charge in [0.2, 0.25) is 0 Å². The normalized spacial score (nSPS) is 12.2. The van der Waals surface area contributed by atoms with Crippen molar-refractivity contribution in [2.45, 2.75) is 25.5 Å². The Morgan fingerprint density at radius 3 is 2.67 bits per heavy atom. The summed E-state index contributed by atoms with van der Waals surface area (Å²) in [6.45, 7) is 6.06. The van der Waals surface area contributed by atoms with E-state index in [9.17, 15) is 8.42 Å². The van der Waals surface area contributed by atoms with Gasteiger partial charge in [0.1, 0.15) is 0 Å². The van der Waals surface area contributed by atoms with Gasteiger partial charge in [0.25, 0.3) is 0 Å². The lowest BCUT2D eigenvalue weighted by molar-refractivity contribution is 0.340. The third kappa shape index (κ3) is 3.60. The Labute approximate surface area is 108 Å². The number of aromatic nitrogens is 1. The lowest BCUT2D eigenvalue weighted by Gasteiger charge is -2.23. The molecular weight excluding hydrogens is 252 g/mol. The molecule has 0 unspecified atom stereocenters. The highest BCUT2D eigenvalue weighted by molar-refractivity contribution is 7.92. The highest BCUT2D eigenvalue weighted by Crippen LogP contribution is 2.23. The summed E-state index contributed by atoms with van der Waals surface area (Å²) in [4.78, 5) is 4.15. The van der Waals surface area contributed by atoms with Crippen molar-refractivity contribution in [2.24, 2.45) is 0 Å². The van der Waals surface area contributed by atoms with Crippen LogP contribution >= 0.6 is 0 Å². The maximum Gasteiger partial charge on any atom is 0.168 e. The molecule has 102 valence electrons. The van der Waals surface area contributed by atoms with Gasteiger partial charge in [-0.3, -0.25) is 0 Å². The van der Waals surface area contributed by atoms with Crippen molar-refractivity contribution in [3.63, 3.8) is 0 Å². The fourth-order valence-electron chi connectivity index (χ4n) is 1.22. The fourth-order valence-corrected chi connectivity index (χ4v) is 1.56. The molecule has 0 atom stereocenters. The highest BCUT2D eigenvalue weighted by Gasteiger charge is 2.30. The zero-order chi connectivity index (χ0) is 13.8. The molecule has 1 aromatic heterocycles. The standard InChI is InChI=1S/C12H20N2O3S/c1-5-17-10-7-6-8-13-11(10)14-9-12(2,3)18(4,15)16/h6-8H,5,9H2,1-4H3,(H,13,14). The summed E-state index contributed by atoms with van der Waals surface area (Å²) in [6.07, 6.45) is 2.87. The molecule has 0 bridgehead atoms. The summed E-state index contributed by atoms with van der Waals surface area (Å²) in [6, 6.07) is 3.57. The van der Waals surface area contributed by atoms with Crippen molar-refractivity contribution in [2.75, 3.05) is 24.7 Å². The van der Waals surface area contributed by atoms with Crippen LogP contribution in [-0.4, -0.2) is 37.6 Å². The van der Waals surface area contributed by atoms with E-state index in [2.05, 4.69) is 10.3 Å². The van der Waals surface area contributed by atoms with Crippen LogP contribution in [0.25, 0.3) is 0 Å². The van der Waals surface area contributed by atoms with Crippen LogP contribution in [-0.2, 0) is 9.84 Å². The quantitative estimate of drug-likeness (QED) is 0.854. The van der Waals surface area contributed by atoms with Crippen LogP contribution < -0.4 is 10.1 Å².